The molecule has 0 N–H and O–H groups in total. The third kappa shape index (κ3) is 2.45. The van der Waals surface area contributed by atoms with Gasteiger partial charge in [0.05, 0.1) is 16.7 Å². The SMILES string of the molecule is N#CCCS(=O)(=O)c1ccc2ccccc2c1. The summed E-state index contributed by atoms with van der Waals surface area (Å²) in [6.07, 6.45) is 0.0230. The van der Waals surface area contributed by atoms with E-state index in [-0.39, 0.29) is 17.1 Å². The molecule has 86 valence electrons. The number of hydrogen-bond acceptors (Lipinski definition) is 3. The molecule has 0 aliphatic heterocycles. The number of nitrogens with zero attached hydrogens (tertiary/aromatic N) is 1. The number of sulfone groups is 1. The fourth-order valence-electron chi connectivity index (χ4n) is 1.66. The zero-order chi connectivity index (χ0) is 12.3. The third-order valence-corrected chi connectivity index (χ3v) is 4.28. The van der Waals surface area contributed by atoms with E-state index >= 15 is 0 Å². The van der Waals surface area contributed by atoms with Crippen LogP contribution in [0.5, 0.6) is 0 Å². The van der Waals surface area contributed by atoms with Gasteiger partial charge in [-0.1, -0.05) is 30.3 Å². The van der Waals surface area contributed by atoms with Gasteiger partial charge in [-0.3, -0.25) is 0 Å². The molecule has 0 radical (unpaired) electrons. The van der Waals surface area contributed by atoms with Gasteiger partial charge in [0.1, 0.15) is 0 Å². The van der Waals surface area contributed by atoms with E-state index in [9.17, 15) is 8.42 Å². The lowest BCUT2D eigenvalue weighted by molar-refractivity contribution is 0.596. The molecule has 0 saturated heterocycles. The topological polar surface area (TPSA) is 57.9 Å². The molecule has 0 unspecified atom stereocenters. The predicted octanol–water partition coefficient (Wildman–Crippen LogP) is 2.53. The summed E-state index contributed by atoms with van der Waals surface area (Å²) >= 11 is 0. The van der Waals surface area contributed by atoms with Gasteiger partial charge in [-0.25, -0.2) is 8.42 Å². The second-order valence-electron chi connectivity index (χ2n) is 3.74. The molecule has 0 heterocycles. The first-order valence-corrected chi connectivity index (χ1v) is 6.87. The van der Waals surface area contributed by atoms with Crippen LogP contribution in [-0.4, -0.2) is 14.2 Å². The molecule has 0 spiro atoms. The van der Waals surface area contributed by atoms with Gasteiger partial charge in [0, 0.05) is 6.42 Å². The molecule has 2 aromatic carbocycles. The van der Waals surface area contributed by atoms with Crippen LogP contribution in [0.2, 0.25) is 0 Å². The second-order valence-corrected chi connectivity index (χ2v) is 5.85. The van der Waals surface area contributed by atoms with Gasteiger partial charge in [0.2, 0.25) is 0 Å². The summed E-state index contributed by atoms with van der Waals surface area (Å²) in [6.45, 7) is 0. The molecular formula is C13H11NO2S. The molecule has 0 amide bonds. The maximum absolute atomic E-state index is 11.9. The summed E-state index contributed by atoms with van der Waals surface area (Å²) in [5.74, 6) is -0.123. The number of hydrogen-bond donors (Lipinski definition) is 0. The van der Waals surface area contributed by atoms with Gasteiger partial charge in [-0.2, -0.15) is 5.26 Å². The lowest BCUT2D eigenvalue weighted by Gasteiger charge is -2.04. The first-order chi connectivity index (χ1) is 8.13. The Kier molecular flexibility index (Phi) is 3.12. The summed E-state index contributed by atoms with van der Waals surface area (Å²) in [5.41, 5.74) is 0. The van der Waals surface area contributed by atoms with Crippen molar-refractivity contribution < 1.29 is 8.42 Å². The van der Waals surface area contributed by atoms with Gasteiger partial charge in [-0.05, 0) is 22.9 Å². The van der Waals surface area contributed by atoms with E-state index in [2.05, 4.69) is 0 Å². The zero-order valence-electron chi connectivity index (χ0n) is 9.13. The summed E-state index contributed by atoms with van der Waals surface area (Å²) in [5, 5.41) is 10.3. The lowest BCUT2D eigenvalue weighted by atomic mass is 10.1. The van der Waals surface area contributed by atoms with Crippen LogP contribution in [-0.2, 0) is 9.84 Å². The van der Waals surface area contributed by atoms with E-state index < -0.39 is 9.84 Å². The van der Waals surface area contributed by atoms with Gasteiger partial charge >= 0.3 is 0 Å². The van der Waals surface area contributed by atoms with Crippen molar-refractivity contribution in [3.63, 3.8) is 0 Å². The van der Waals surface area contributed by atoms with Gasteiger partial charge in [-0.15, -0.1) is 0 Å². The molecule has 0 aliphatic rings. The molecule has 17 heavy (non-hydrogen) atoms. The molecule has 2 rings (SSSR count). The number of rotatable bonds is 3. The molecule has 0 atom stereocenters. The average molecular weight is 245 g/mol. The van der Waals surface area contributed by atoms with Crippen molar-refractivity contribution in [3.05, 3.63) is 42.5 Å². The quantitative estimate of drug-likeness (QED) is 0.834. The van der Waals surface area contributed by atoms with Crippen molar-refractivity contribution in [3.8, 4) is 6.07 Å². The molecule has 0 saturated carbocycles. The largest absolute Gasteiger partial charge is 0.224 e. The zero-order valence-corrected chi connectivity index (χ0v) is 9.94. The normalized spacial score (nSPS) is 11.2. The van der Waals surface area contributed by atoms with Crippen LogP contribution in [0, 0.1) is 11.3 Å². The Hall–Kier alpha value is -1.86. The first kappa shape index (κ1) is 11.6. The van der Waals surface area contributed by atoms with E-state index in [4.69, 9.17) is 5.26 Å². The summed E-state index contributed by atoms with van der Waals surface area (Å²) in [4.78, 5) is 0.284. The Morgan fingerprint density at radius 3 is 2.47 bits per heavy atom. The minimum Gasteiger partial charge on any atom is -0.224 e. The van der Waals surface area contributed by atoms with Crippen LogP contribution in [0.4, 0.5) is 0 Å². The molecule has 3 nitrogen and oxygen atoms in total. The van der Waals surface area contributed by atoms with Crippen LogP contribution >= 0.6 is 0 Å². The molecule has 0 aromatic heterocycles. The highest BCUT2D eigenvalue weighted by molar-refractivity contribution is 7.91. The van der Waals surface area contributed by atoms with Crippen LogP contribution in [0.15, 0.2) is 47.4 Å². The highest BCUT2D eigenvalue weighted by Crippen LogP contribution is 2.20. The van der Waals surface area contributed by atoms with Gasteiger partial charge < -0.3 is 0 Å². The Morgan fingerprint density at radius 2 is 1.76 bits per heavy atom. The Morgan fingerprint density at radius 1 is 1.06 bits per heavy atom. The monoisotopic (exact) mass is 245 g/mol. The van der Waals surface area contributed by atoms with Gasteiger partial charge in [0.25, 0.3) is 0 Å². The predicted molar refractivity (Wildman–Crippen MR) is 66.2 cm³/mol. The lowest BCUT2D eigenvalue weighted by Crippen LogP contribution is -2.05. The first-order valence-electron chi connectivity index (χ1n) is 5.22. The maximum Gasteiger partial charge on any atom is 0.179 e. The Labute approximate surface area is 100 Å². The molecular weight excluding hydrogens is 234 g/mol. The second kappa shape index (κ2) is 4.56. The van der Waals surface area contributed by atoms with E-state index in [1.165, 1.54) is 0 Å². The molecule has 0 bridgehead atoms. The average Bonchev–Trinajstić information content (AvgIpc) is 2.36. The van der Waals surface area contributed by atoms with Crippen LogP contribution in [0.1, 0.15) is 6.42 Å². The Bertz CT molecular complexity index is 684. The van der Waals surface area contributed by atoms with E-state index in [1.807, 2.05) is 30.3 Å². The smallest absolute Gasteiger partial charge is 0.179 e. The van der Waals surface area contributed by atoms with Gasteiger partial charge in [0.15, 0.2) is 9.84 Å². The number of benzene rings is 2. The van der Waals surface area contributed by atoms with Crippen molar-refractivity contribution >= 4 is 20.6 Å². The van der Waals surface area contributed by atoms with E-state index in [0.29, 0.717) is 0 Å². The van der Waals surface area contributed by atoms with Crippen molar-refractivity contribution in [2.24, 2.45) is 0 Å². The summed E-state index contributed by atoms with van der Waals surface area (Å²) < 4.78 is 23.8. The minimum atomic E-state index is -3.34. The van der Waals surface area contributed by atoms with Crippen molar-refractivity contribution in [2.45, 2.75) is 11.3 Å². The molecule has 4 heteroatoms. The molecule has 0 aliphatic carbocycles. The standard InChI is InChI=1S/C13H11NO2S/c14-8-3-9-17(15,16)13-7-6-11-4-1-2-5-12(11)10-13/h1-2,4-7,10H,3,9H2. The van der Waals surface area contributed by atoms with Crippen molar-refractivity contribution in [1.82, 2.24) is 0 Å². The molecule has 2 aromatic rings. The van der Waals surface area contributed by atoms with E-state index in [0.717, 1.165) is 10.8 Å². The fraction of sp³-hybridized carbons (Fsp3) is 0.154. The summed E-state index contributed by atoms with van der Waals surface area (Å²) in [6, 6.07) is 14.5. The highest BCUT2D eigenvalue weighted by atomic mass is 32.2. The van der Waals surface area contributed by atoms with Crippen molar-refractivity contribution in [1.29, 1.82) is 5.26 Å². The summed E-state index contributed by atoms with van der Waals surface area (Å²) in [7, 11) is -3.34. The number of nitriles is 1. The van der Waals surface area contributed by atoms with Crippen LogP contribution in [0.3, 0.4) is 0 Å². The highest BCUT2D eigenvalue weighted by Gasteiger charge is 2.13. The molecule has 0 fully saturated rings. The third-order valence-electron chi connectivity index (χ3n) is 2.56. The maximum atomic E-state index is 11.9. The minimum absolute atomic E-state index is 0.0230. The van der Waals surface area contributed by atoms with E-state index in [1.54, 1.807) is 18.2 Å². The van der Waals surface area contributed by atoms with Crippen LogP contribution < -0.4 is 0 Å². The fourth-order valence-corrected chi connectivity index (χ4v) is 2.84. The Balaban J connectivity index is 2.47. The van der Waals surface area contributed by atoms with Crippen LogP contribution in [0.25, 0.3) is 10.8 Å². The van der Waals surface area contributed by atoms with Crippen molar-refractivity contribution in [2.75, 3.05) is 5.75 Å². The number of fused-ring (bicyclic) bond motifs is 1.